The highest BCUT2D eigenvalue weighted by Crippen LogP contribution is 2.29. The molecular weight excluding hydrogens is 318 g/mol. The number of nitrogens with one attached hydrogen (secondary N) is 1. The molecule has 4 N–H and O–H groups in total. The van der Waals surface area contributed by atoms with Crippen LogP contribution in [0.5, 0.6) is 5.75 Å². The van der Waals surface area contributed by atoms with Gasteiger partial charge in [-0.2, -0.15) is 0 Å². The van der Waals surface area contributed by atoms with E-state index in [2.05, 4.69) is 10.3 Å². The number of aromatic nitrogens is 1. The number of hydrogen-bond donors (Lipinski definition) is 3. The fourth-order valence-corrected chi connectivity index (χ4v) is 3.03. The number of amides is 1. The number of nitrogens with zero attached hydrogens (tertiary/aromatic N) is 1. The summed E-state index contributed by atoms with van der Waals surface area (Å²) in [4.78, 5) is 16.0. The number of nitrogen functional groups attached to an aromatic ring is 1. The molecule has 1 aliphatic rings. The van der Waals surface area contributed by atoms with E-state index < -0.39 is 6.10 Å². The summed E-state index contributed by atoms with van der Waals surface area (Å²) in [5.74, 6) is 0.884. The summed E-state index contributed by atoms with van der Waals surface area (Å²) in [7, 11) is 0. The van der Waals surface area contributed by atoms with Crippen molar-refractivity contribution in [1.82, 2.24) is 10.3 Å². The predicted octanol–water partition coefficient (Wildman–Crippen LogP) is 1.92. The van der Waals surface area contributed by atoms with Crippen LogP contribution in [0.1, 0.15) is 28.8 Å². The summed E-state index contributed by atoms with van der Waals surface area (Å²) < 4.78 is 5.89. The van der Waals surface area contributed by atoms with Crippen molar-refractivity contribution in [1.29, 1.82) is 0 Å². The predicted molar refractivity (Wildman–Crippen MR) is 95.3 cm³/mol. The zero-order valence-corrected chi connectivity index (χ0v) is 14.2. The summed E-state index contributed by atoms with van der Waals surface area (Å²) in [6.45, 7) is 2.42. The molecule has 0 aliphatic heterocycles. The molecule has 25 heavy (non-hydrogen) atoms. The molecule has 6 heteroatoms. The molecule has 0 saturated heterocycles. The zero-order chi connectivity index (χ0) is 17.8. The van der Waals surface area contributed by atoms with Crippen molar-refractivity contribution >= 4 is 11.7 Å². The number of rotatable bonds is 5. The Bertz CT molecular complexity index is 716. The highest BCUT2D eigenvalue weighted by atomic mass is 16.5. The van der Waals surface area contributed by atoms with Crippen LogP contribution < -0.4 is 15.8 Å². The minimum absolute atomic E-state index is 0.0267. The zero-order valence-electron chi connectivity index (χ0n) is 14.2. The molecule has 132 valence electrons. The maximum Gasteiger partial charge on any atom is 0.252 e. The Labute approximate surface area is 147 Å². The minimum atomic E-state index is -0.605. The lowest BCUT2D eigenvalue weighted by atomic mass is 10.1. The number of nitrogens with two attached hydrogens (primary N) is 1. The Morgan fingerprint density at radius 3 is 2.72 bits per heavy atom. The van der Waals surface area contributed by atoms with Crippen molar-refractivity contribution in [2.24, 2.45) is 5.92 Å². The van der Waals surface area contributed by atoms with Gasteiger partial charge in [0.05, 0.1) is 11.7 Å². The number of aryl methyl sites for hydroxylation is 1. The normalized spacial score (nSPS) is 22.6. The second kappa shape index (κ2) is 7.53. The average Bonchev–Trinajstić information content (AvgIpc) is 2.95. The smallest absolute Gasteiger partial charge is 0.252 e. The highest BCUT2D eigenvalue weighted by Gasteiger charge is 2.36. The molecule has 1 aliphatic carbocycles. The highest BCUT2D eigenvalue weighted by molar-refractivity contribution is 5.94. The molecule has 0 unspecified atom stereocenters. The van der Waals surface area contributed by atoms with Gasteiger partial charge in [-0.25, -0.2) is 4.98 Å². The average molecular weight is 341 g/mol. The van der Waals surface area contributed by atoms with Gasteiger partial charge >= 0.3 is 0 Å². The lowest BCUT2D eigenvalue weighted by Crippen LogP contribution is -2.37. The standard InChI is InChI=1S/C19H23N3O3/c1-12-2-6-15(7-3-12)25-16-8-4-13(18(16)23)10-22-19(24)14-5-9-17(20)21-11-14/h2-3,5-7,9,11,13,16,18,23H,4,8,10H2,1H3,(H2,20,21)(H,22,24)/t13-,16-,18-/m1/s1. The molecule has 0 radical (unpaired) electrons. The van der Waals surface area contributed by atoms with Gasteiger partial charge in [-0.05, 0) is 44.0 Å². The largest absolute Gasteiger partial charge is 0.488 e. The van der Waals surface area contributed by atoms with Crippen molar-refractivity contribution in [2.75, 3.05) is 12.3 Å². The van der Waals surface area contributed by atoms with E-state index in [0.29, 0.717) is 17.9 Å². The third-order valence-corrected chi connectivity index (χ3v) is 4.57. The Morgan fingerprint density at radius 1 is 1.28 bits per heavy atom. The van der Waals surface area contributed by atoms with Crippen LogP contribution in [0, 0.1) is 12.8 Å². The van der Waals surface area contributed by atoms with Crippen LogP contribution >= 0.6 is 0 Å². The van der Waals surface area contributed by atoms with E-state index in [4.69, 9.17) is 10.5 Å². The molecule has 3 rings (SSSR count). The Balaban J connectivity index is 1.51. The topological polar surface area (TPSA) is 97.5 Å². The number of carbonyl (C=O) groups is 1. The fraction of sp³-hybridized carbons (Fsp3) is 0.368. The first-order valence-electron chi connectivity index (χ1n) is 8.44. The minimum Gasteiger partial charge on any atom is -0.488 e. The first-order chi connectivity index (χ1) is 12.0. The van der Waals surface area contributed by atoms with E-state index >= 15 is 0 Å². The molecule has 1 saturated carbocycles. The monoisotopic (exact) mass is 341 g/mol. The van der Waals surface area contributed by atoms with E-state index in [9.17, 15) is 9.90 Å². The summed E-state index contributed by atoms with van der Waals surface area (Å²) in [6, 6.07) is 11.0. The number of ether oxygens (including phenoxy) is 1. The summed E-state index contributed by atoms with van der Waals surface area (Å²) in [5.41, 5.74) is 7.13. The van der Waals surface area contributed by atoms with Gasteiger partial charge in [0.2, 0.25) is 0 Å². The summed E-state index contributed by atoms with van der Waals surface area (Å²) in [6.07, 6.45) is 2.16. The summed E-state index contributed by atoms with van der Waals surface area (Å²) in [5, 5.41) is 13.3. The van der Waals surface area contributed by atoms with Crippen molar-refractivity contribution < 1.29 is 14.6 Å². The lowest BCUT2D eigenvalue weighted by molar-refractivity contribution is 0.0348. The maximum atomic E-state index is 12.1. The van der Waals surface area contributed by atoms with Gasteiger partial charge in [0.1, 0.15) is 17.7 Å². The van der Waals surface area contributed by atoms with Gasteiger partial charge in [-0.1, -0.05) is 17.7 Å². The molecule has 6 nitrogen and oxygen atoms in total. The number of benzene rings is 1. The molecule has 3 atom stereocenters. The number of aliphatic hydroxyl groups excluding tert-OH is 1. The third-order valence-electron chi connectivity index (χ3n) is 4.57. The van der Waals surface area contributed by atoms with Crippen molar-refractivity contribution in [3.8, 4) is 5.75 Å². The van der Waals surface area contributed by atoms with E-state index in [1.165, 1.54) is 6.20 Å². The molecule has 0 bridgehead atoms. The van der Waals surface area contributed by atoms with Crippen LogP contribution in [0.4, 0.5) is 5.82 Å². The molecular formula is C19H23N3O3. The van der Waals surface area contributed by atoms with Gasteiger partial charge in [0.25, 0.3) is 5.91 Å². The third kappa shape index (κ3) is 4.28. The molecule has 1 amide bonds. The van der Waals surface area contributed by atoms with Crippen molar-refractivity contribution in [2.45, 2.75) is 32.0 Å². The number of hydrogen-bond acceptors (Lipinski definition) is 5. The molecule has 1 heterocycles. The first kappa shape index (κ1) is 17.2. The van der Waals surface area contributed by atoms with Crippen molar-refractivity contribution in [3.05, 3.63) is 53.7 Å². The van der Waals surface area contributed by atoms with Crippen LogP contribution in [0.15, 0.2) is 42.6 Å². The first-order valence-corrected chi connectivity index (χ1v) is 8.44. The molecule has 1 fully saturated rings. The van der Waals surface area contributed by atoms with Crippen molar-refractivity contribution in [3.63, 3.8) is 0 Å². The van der Waals surface area contributed by atoms with E-state index in [-0.39, 0.29) is 17.9 Å². The van der Waals surface area contributed by atoms with Gasteiger partial charge < -0.3 is 20.9 Å². The number of pyridine rings is 1. The Kier molecular flexibility index (Phi) is 5.19. The van der Waals surface area contributed by atoms with Crippen LogP contribution in [-0.4, -0.2) is 34.8 Å². The van der Waals surface area contributed by atoms with Gasteiger partial charge in [-0.15, -0.1) is 0 Å². The van der Waals surface area contributed by atoms with Gasteiger partial charge in [0.15, 0.2) is 0 Å². The lowest BCUT2D eigenvalue weighted by Gasteiger charge is -2.21. The second-order valence-electron chi connectivity index (χ2n) is 6.48. The van der Waals surface area contributed by atoms with E-state index in [1.54, 1.807) is 12.1 Å². The van der Waals surface area contributed by atoms with Crippen LogP contribution in [0.2, 0.25) is 0 Å². The Morgan fingerprint density at radius 2 is 2.04 bits per heavy atom. The van der Waals surface area contributed by atoms with Crippen LogP contribution in [-0.2, 0) is 0 Å². The molecule has 0 spiro atoms. The quantitative estimate of drug-likeness (QED) is 0.772. The van der Waals surface area contributed by atoms with E-state index in [0.717, 1.165) is 24.2 Å². The molecule has 1 aromatic heterocycles. The van der Waals surface area contributed by atoms with E-state index in [1.807, 2.05) is 31.2 Å². The maximum absolute atomic E-state index is 12.1. The fourth-order valence-electron chi connectivity index (χ4n) is 3.03. The number of aliphatic hydroxyl groups is 1. The SMILES string of the molecule is Cc1ccc(O[C@@H]2CC[C@H](CNC(=O)c3ccc(N)nc3)[C@H]2O)cc1. The molecule has 2 aromatic rings. The molecule has 1 aromatic carbocycles. The summed E-state index contributed by atoms with van der Waals surface area (Å²) >= 11 is 0. The Hall–Kier alpha value is -2.60. The number of anilines is 1. The van der Waals surface area contributed by atoms with Crippen LogP contribution in [0.25, 0.3) is 0 Å². The van der Waals surface area contributed by atoms with Gasteiger partial charge in [-0.3, -0.25) is 4.79 Å². The van der Waals surface area contributed by atoms with Gasteiger partial charge in [0, 0.05) is 18.7 Å². The number of carbonyl (C=O) groups excluding carboxylic acids is 1. The van der Waals surface area contributed by atoms with Crippen LogP contribution in [0.3, 0.4) is 0 Å². The second-order valence-corrected chi connectivity index (χ2v) is 6.48.